The van der Waals surface area contributed by atoms with Gasteiger partial charge in [-0.3, -0.25) is 16.2 Å². The van der Waals surface area contributed by atoms with Crippen LogP contribution in [-0.4, -0.2) is 23.5 Å². The zero-order valence-corrected chi connectivity index (χ0v) is 13.4. The van der Waals surface area contributed by atoms with Crippen molar-refractivity contribution in [3.8, 4) is 0 Å². The molecule has 120 valence electrons. The summed E-state index contributed by atoms with van der Waals surface area (Å²) in [6, 6.07) is 3.06. The molecule has 0 bridgehead atoms. The second-order valence-electron chi connectivity index (χ2n) is 5.25. The average molecular weight is 299 g/mol. The van der Waals surface area contributed by atoms with Crippen molar-refractivity contribution in [2.45, 2.75) is 52.1 Å². The number of benzene rings is 1. The van der Waals surface area contributed by atoms with E-state index in [0.29, 0.717) is 0 Å². The monoisotopic (exact) mass is 299 g/mol. The van der Waals surface area contributed by atoms with E-state index in [2.05, 4.69) is 38.0 Å². The van der Waals surface area contributed by atoms with Gasteiger partial charge in [-0.25, -0.2) is 8.78 Å². The maximum atomic E-state index is 14.2. The van der Waals surface area contributed by atoms with Crippen molar-refractivity contribution in [2.24, 2.45) is 5.84 Å². The second kappa shape index (κ2) is 7.82. The van der Waals surface area contributed by atoms with Crippen molar-refractivity contribution < 1.29 is 8.78 Å². The first-order valence-corrected chi connectivity index (χ1v) is 7.66. The molecule has 0 spiro atoms. The van der Waals surface area contributed by atoms with Crippen LogP contribution in [0.25, 0.3) is 0 Å². The minimum atomic E-state index is -0.469. The Bertz CT molecular complexity index is 443. The fourth-order valence-electron chi connectivity index (χ4n) is 3.41. The minimum Gasteiger partial charge on any atom is -0.296 e. The molecule has 0 aliphatic carbocycles. The molecule has 1 rings (SSSR count). The molecule has 0 aliphatic rings. The SMILES string of the molecule is CCN(CC)C(CC)(CC)C(NN)c1cc(F)ccc1F. The van der Waals surface area contributed by atoms with Gasteiger partial charge in [0.1, 0.15) is 11.6 Å². The number of rotatable bonds is 8. The number of nitrogens with two attached hydrogens (primary N) is 1. The molecular weight excluding hydrogens is 272 g/mol. The Morgan fingerprint density at radius 2 is 1.71 bits per heavy atom. The van der Waals surface area contributed by atoms with Gasteiger partial charge in [0.25, 0.3) is 0 Å². The first kappa shape index (κ1) is 18.0. The zero-order chi connectivity index (χ0) is 16.0. The molecule has 0 aromatic heterocycles. The van der Waals surface area contributed by atoms with Crippen molar-refractivity contribution in [1.29, 1.82) is 0 Å². The van der Waals surface area contributed by atoms with Crippen LogP contribution in [0.4, 0.5) is 8.78 Å². The molecule has 3 nitrogen and oxygen atoms in total. The quantitative estimate of drug-likeness (QED) is 0.571. The predicted octanol–water partition coefficient (Wildman–Crippen LogP) is 3.37. The van der Waals surface area contributed by atoms with Crippen molar-refractivity contribution in [2.75, 3.05) is 13.1 Å². The van der Waals surface area contributed by atoms with Crippen LogP contribution in [0.3, 0.4) is 0 Å². The van der Waals surface area contributed by atoms with Crippen LogP contribution in [0.2, 0.25) is 0 Å². The lowest BCUT2D eigenvalue weighted by Crippen LogP contribution is -2.57. The van der Waals surface area contributed by atoms with E-state index in [9.17, 15) is 8.78 Å². The Morgan fingerprint density at radius 1 is 1.14 bits per heavy atom. The number of halogens is 2. The maximum Gasteiger partial charge on any atom is 0.128 e. The second-order valence-corrected chi connectivity index (χ2v) is 5.25. The molecule has 0 amide bonds. The van der Waals surface area contributed by atoms with Crippen molar-refractivity contribution in [3.63, 3.8) is 0 Å². The standard InChI is InChI=1S/C16H27F2N3/c1-5-16(6-2,21(7-3)8-4)15(20-19)13-11-12(17)9-10-14(13)18/h9-11,15,20H,5-8,19H2,1-4H3. The number of likely N-dealkylation sites (N-methyl/N-ethyl adjacent to an activating group) is 1. The van der Waals surface area contributed by atoms with Gasteiger partial charge in [0.2, 0.25) is 0 Å². The number of nitrogens with one attached hydrogen (secondary N) is 1. The topological polar surface area (TPSA) is 41.3 Å². The highest BCUT2D eigenvalue weighted by Gasteiger charge is 2.41. The summed E-state index contributed by atoms with van der Waals surface area (Å²) in [7, 11) is 0. The van der Waals surface area contributed by atoms with Crippen LogP contribution in [0.15, 0.2) is 18.2 Å². The molecule has 1 aromatic carbocycles. The van der Waals surface area contributed by atoms with Gasteiger partial charge in [0, 0.05) is 11.1 Å². The van der Waals surface area contributed by atoms with E-state index in [1.165, 1.54) is 6.07 Å². The summed E-state index contributed by atoms with van der Waals surface area (Å²) >= 11 is 0. The molecule has 0 saturated heterocycles. The van der Waals surface area contributed by atoms with Gasteiger partial charge in [0.05, 0.1) is 6.04 Å². The molecule has 0 radical (unpaired) electrons. The third-order valence-corrected chi connectivity index (χ3v) is 4.59. The van der Waals surface area contributed by atoms with Crippen molar-refractivity contribution >= 4 is 0 Å². The lowest BCUT2D eigenvalue weighted by molar-refractivity contribution is 0.0473. The van der Waals surface area contributed by atoms with Crippen molar-refractivity contribution in [3.05, 3.63) is 35.4 Å². The Labute approximate surface area is 126 Å². The van der Waals surface area contributed by atoms with Crippen LogP contribution in [0.5, 0.6) is 0 Å². The maximum absolute atomic E-state index is 14.2. The third kappa shape index (κ3) is 3.42. The third-order valence-electron chi connectivity index (χ3n) is 4.59. The smallest absolute Gasteiger partial charge is 0.128 e. The molecule has 5 heteroatoms. The van der Waals surface area contributed by atoms with Gasteiger partial charge >= 0.3 is 0 Å². The van der Waals surface area contributed by atoms with Crippen LogP contribution >= 0.6 is 0 Å². The molecule has 21 heavy (non-hydrogen) atoms. The van der Waals surface area contributed by atoms with Crippen LogP contribution in [-0.2, 0) is 0 Å². The van der Waals surface area contributed by atoms with Gasteiger partial charge in [-0.15, -0.1) is 0 Å². The summed E-state index contributed by atoms with van der Waals surface area (Å²) < 4.78 is 27.8. The molecule has 0 aliphatic heterocycles. The van der Waals surface area contributed by atoms with E-state index in [0.717, 1.165) is 38.1 Å². The number of hydrogen-bond acceptors (Lipinski definition) is 3. The van der Waals surface area contributed by atoms with Crippen molar-refractivity contribution in [1.82, 2.24) is 10.3 Å². The Balaban J connectivity index is 3.40. The highest BCUT2D eigenvalue weighted by atomic mass is 19.1. The van der Waals surface area contributed by atoms with Gasteiger partial charge in [-0.05, 0) is 44.1 Å². The Morgan fingerprint density at radius 3 is 2.14 bits per heavy atom. The van der Waals surface area contributed by atoms with E-state index < -0.39 is 17.7 Å². The summed E-state index contributed by atoms with van der Waals surface area (Å²) in [6.45, 7) is 9.91. The fourth-order valence-corrected chi connectivity index (χ4v) is 3.41. The molecule has 1 unspecified atom stereocenters. The average Bonchev–Trinajstić information content (AvgIpc) is 2.50. The summed E-state index contributed by atoms with van der Waals surface area (Å²) in [5.74, 6) is 4.86. The Hall–Kier alpha value is -1.04. The summed E-state index contributed by atoms with van der Waals surface area (Å²) in [6.07, 6.45) is 1.58. The van der Waals surface area contributed by atoms with Crippen LogP contribution in [0.1, 0.15) is 52.1 Å². The fraction of sp³-hybridized carbons (Fsp3) is 0.625. The summed E-state index contributed by atoms with van der Waals surface area (Å²) in [5.41, 5.74) is 2.66. The molecule has 0 saturated carbocycles. The van der Waals surface area contributed by atoms with E-state index in [1.54, 1.807) is 0 Å². The zero-order valence-electron chi connectivity index (χ0n) is 13.4. The molecule has 0 heterocycles. The van der Waals surface area contributed by atoms with E-state index >= 15 is 0 Å². The minimum absolute atomic E-state index is 0.285. The first-order valence-electron chi connectivity index (χ1n) is 7.66. The number of nitrogens with zero attached hydrogens (tertiary/aromatic N) is 1. The van der Waals surface area contributed by atoms with E-state index in [4.69, 9.17) is 5.84 Å². The number of hydrazine groups is 1. The largest absolute Gasteiger partial charge is 0.296 e. The normalized spacial score (nSPS) is 13.7. The highest BCUT2D eigenvalue weighted by Crippen LogP contribution is 2.38. The lowest BCUT2D eigenvalue weighted by atomic mass is 9.79. The van der Waals surface area contributed by atoms with E-state index in [1.807, 2.05) is 0 Å². The molecule has 1 aromatic rings. The van der Waals surface area contributed by atoms with Gasteiger partial charge in [-0.2, -0.15) is 0 Å². The first-order chi connectivity index (χ1) is 10.00. The molecule has 0 fully saturated rings. The van der Waals surface area contributed by atoms with Gasteiger partial charge < -0.3 is 0 Å². The summed E-state index contributed by atoms with van der Waals surface area (Å²) in [5, 5.41) is 0. The Kier molecular flexibility index (Phi) is 6.71. The number of hydrogen-bond donors (Lipinski definition) is 2. The lowest BCUT2D eigenvalue weighted by Gasteiger charge is -2.47. The van der Waals surface area contributed by atoms with Crippen LogP contribution in [0, 0.1) is 11.6 Å². The van der Waals surface area contributed by atoms with Gasteiger partial charge in [0.15, 0.2) is 0 Å². The van der Waals surface area contributed by atoms with Crippen LogP contribution < -0.4 is 11.3 Å². The van der Waals surface area contributed by atoms with Gasteiger partial charge in [-0.1, -0.05) is 27.7 Å². The summed E-state index contributed by atoms with van der Waals surface area (Å²) in [4.78, 5) is 2.27. The highest BCUT2D eigenvalue weighted by molar-refractivity contribution is 5.26. The molecule has 3 N–H and O–H groups in total. The molecule has 1 atom stereocenters. The molecular formula is C16H27F2N3. The predicted molar refractivity (Wildman–Crippen MR) is 82.7 cm³/mol. The van der Waals surface area contributed by atoms with E-state index in [-0.39, 0.29) is 11.1 Å².